The van der Waals surface area contributed by atoms with Gasteiger partial charge in [0.25, 0.3) is 0 Å². The van der Waals surface area contributed by atoms with Gasteiger partial charge in [-0.1, -0.05) is 43.0 Å². The Bertz CT molecular complexity index is 459. The number of benzene rings is 1. The van der Waals surface area contributed by atoms with Crippen LogP contribution in [0.2, 0.25) is 0 Å². The molecular formula is C16H20. The van der Waals surface area contributed by atoms with E-state index in [9.17, 15) is 0 Å². The van der Waals surface area contributed by atoms with E-state index in [1.807, 2.05) is 13.0 Å². The Morgan fingerprint density at radius 2 is 1.81 bits per heavy atom. The summed E-state index contributed by atoms with van der Waals surface area (Å²) in [7, 11) is 0. The van der Waals surface area contributed by atoms with Crippen molar-refractivity contribution in [2.24, 2.45) is 0 Å². The molecule has 84 valence electrons. The van der Waals surface area contributed by atoms with Gasteiger partial charge in [0.1, 0.15) is 0 Å². The standard InChI is InChI=1S/C16H20/c1-7-15-12(4)8-9-16(14(15)6)13(5)10-11(2)3/h7-10H,1-2H2,3-6H3/b13-10-. The van der Waals surface area contributed by atoms with Gasteiger partial charge >= 0.3 is 0 Å². The maximum Gasteiger partial charge on any atom is -0.0192 e. The minimum absolute atomic E-state index is 1.08. The van der Waals surface area contributed by atoms with E-state index in [1.54, 1.807) is 0 Å². The lowest BCUT2D eigenvalue weighted by Crippen LogP contribution is -1.93. The van der Waals surface area contributed by atoms with Gasteiger partial charge in [-0.15, -0.1) is 0 Å². The van der Waals surface area contributed by atoms with Crippen molar-refractivity contribution in [2.45, 2.75) is 27.7 Å². The van der Waals surface area contributed by atoms with Gasteiger partial charge in [-0.25, -0.2) is 0 Å². The second kappa shape index (κ2) is 4.98. The molecule has 16 heavy (non-hydrogen) atoms. The molecule has 0 amide bonds. The van der Waals surface area contributed by atoms with Crippen molar-refractivity contribution in [3.05, 3.63) is 59.2 Å². The van der Waals surface area contributed by atoms with Gasteiger partial charge in [0.05, 0.1) is 0 Å². The topological polar surface area (TPSA) is 0 Å². The zero-order chi connectivity index (χ0) is 12.3. The number of rotatable bonds is 3. The molecule has 0 radical (unpaired) electrons. The summed E-state index contributed by atoms with van der Waals surface area (Å²) in [4.78, 5) is 0. The van der Waals surface area contributed by atoms with Crippen LogP contribution >= 0.6 is 0 Å². The summed E-state index contributed by atoms with van der Waals surface area (Å²) in [6, 6.07) is 4.32. The summed E-state index contributed by atoms with van der Waals surface area (Å²) in [6.07, 6.45) is 4.05. The molecule has 0 fully saturated rings. The molecule has 0 nitrogen and oxygen atoms in total. The highest BCUT2D eigenvalue weighted by atomic mass is 14.1. The summed E-state index contributed by atoms with van der Waals surface area (Å²) in [6.45, 7) is 16.2. The summed E-state index contributed by atoms with van der Waals surface area (Å²) in [5, 5.41) is 0. The molecule has 0 heteroatoms. The molecule has 0 unspecified atom stereocenters. The monoisotopic (exact) mass is 212 g/mol. The first-order valence-electron chi connectivity index (χ1n) is 5.54. The second-order valence-corrected chi connectivity index (χ2v) is 4.35. The molecule has 1 aromatic carbocycles. The van der Waals surface area contributed by atoms with Gasteiger partial charge in [-0.3, -0.25) is 0 Å². The zero-order valence-electron chi connectivity index (χ0n) is 10.7. The summed E-state index contributed by atoms with van der Waals surface area (Å²) < 4.78 is 0. The third-order valence-corrected chi connectivity index (χ3v) is 2.82. The van der Waals surface area contributed by atoms with Gasteiger partial charge in [0, 0.05) is 0 Å². The summed E-state index contributed by atoms with van der Waals surface area (Å²) in [5.41, 5.74) is 7.44. The maximum atomic E-state index is 3.91. The maximum absolute atomic E-state index is 3.91. The lowest BCUT2D eigenvalue weighted by molar-refractivity contribution is 1.32. The van der Waals surface area contributed by atoms with E-state index in [2.05, 4.69) is 52.1 Å². The Morgan fingerprint density at radius 1 is 1.19 bits per heavy atom. The van der Waals surface area contributed by atoms with E-state index < -0.39 is 0 Å². The molecule has 0 heterocycles. The molecule has 0 aromatic heterocycles. The van der Waals surface area contributed by atoms with Crippen molar-refractivity contribution in [3.8, 4) is 0 Å². The molecule has 0 aliphatic carbocycles. The highest BCUT2D eigenvalue weighted by Crippen LogP contribution is 2.25. The van der Waals surface area contributed by atoms with Crippen molar-refractivity contribution in [1.82, 2.24) is 0 Å². The van der Waals surface area contributed by atoms with Crippen LogP contribution in [0.3, 0.4) is 0 Å². The van der Waals surface area contributed by atoms with Crippen LogP contribution in [-0.4, -0.2) is 0 Å². The van der Waals surface area contributed by atoms with E-state index in [0.29, 0.717) is 0 Å². The summed E-state index contributed by atoms with van der Waals surface area (Å²) >= 11 is 0. The third kappa shape index (κ3) is 2.52. The van der Waals surface area contributed by atoms with Crippen LogP contribution in [0.5, 0.6) is 0 Å². The molecule has 0 spiro atoms. The number of hydrogen-bond donors (Lipinski definition) is 0. The molecule has 0 bridgehead atoms. The fourth-order valence-electron chi connectivity index (χ4n) is 2.05. The van der Waals surface area contributed by atoms with E-state index in [4.69, 9.17) is 0 Å². The Kier molecular flexibility index (Phi) is 3.89. The first-order chi connectivity index (χ1) is 7.47. The third-order valence-electron chi connectivity index (χ3n) is 2.82. The van der Waals surface area contributed by atoms with Gasteiger partial charge < -0.3 is 0 Å². The average molecular weight is 212 g/mol. The van der Waals surface area contributed by atoms with Crippen LogP contribution in [0, 0.1) is 13.8 Å². The van der Waals surface area contributed by atoms with Crippen LogP contribution in [0.1, 0.15) is 36.1 Å². The van der Waals surface area contributed by atoms with Crippen molar-refractivity contribution in [2.75, 3.05) is 0 Å². The van der Waals surface area contributed by atoms with Gasteiger partial charge in [0.2, 0.25) is 0 Å². The lowest BCUT2D eigenvalue weighted by Gasteiger charge is -2.12. The Morgan fingerprint density at radius 3 is 2.31 bits per heavy atom. The second-order valence-electron chi connectivity index (χ2n) is 4.35. The predicted molar refractivity (Wildman–Crippen MR) is 74.5 cm³/mol. The van der Waals surface area contributed by atoms with E-state index in [1.165, 1.54) is 27.8 Å². The molecule has 0 saturated heterocycles. The quantitative estimate of drug-likeness (QED) is 0.623. The van der Waals surface area contributed by atoms with Crippen LogP contribution in [-0.2, 0) is 0 Å². The molecular weight excluding hydrogens is 192 g/mol. The highest BCUT2D eigenvalue weighted by Gasteiger charge is 2.05. The Balaban J connectivity index is 3.37. The van der Waals surface area contributed by atoms with Crippen LogP contribution in [0.4, 0.5) is 0 Å². The first kappa shape index (κ1) is 12.5. The molecule has 0 atom stereocenters. The SMILES string of the molecule is C=Cc1c(C)ccc(/C(C)=C\C(=C)C)c1C. The van der Waals surface area contributed by atoms with Crippen molar-refractivity contribution in [1.29, 1.82) is 0 Å². The van der Waals surface area contributed by atoms with Crippen molar-refractivity contribution in [3.63, 3.8) is 0 Å². The largest absolute Gasteiger partial charge is 0.0984 e. The zero-order valence-corrected chi connectivity index (χ0v) is 10.7. The van der Waals surface area contributed by atoms with Crippen LogP contribution in [0.15, 0.2) is 36.9 Å². The lowest BCUT2D eigenvalue weighted by atomic mass is 9.93. The van der Waals surface area contributed by atoms with E-state index >= 15 is 0 Å². The smallest absolute Gasteiger partial charge is 0.0192 e. The minimum atomic E-state index is 1.08. The Labute approximate surface area is 99.0 Å². The van der Waals surface area contributed by atoms with Gasteiger partial charge in [0.15, 0.2) is 0 Å². The fraction of sp³-hybridized carbons (Fsp3) is 0.250. The predicted octanol–water partition coefficient (Wildman–Crippen LogP) is 4.93. The van der Waals surface area contributed by atoms with E-state index in [0.717, 1.165) is 5.57 Å². The van der Waals surface area contributed by atoms with Gasteiger partial charge in [-0.05, 0) is 55.5 Å². The fourth-order valence-corrected chi connectivity index (χ4v) is 2.05. The molecule has 1 aromatic rings. The highest BCUT2D eigenvalue weighted by molar-refractivity contribution is 5.73. The normalized spacial score (nSPS) is 11.4. The van der Waals surface area contributed by atoms with E-state index in [-0.39, 0.29) is 0 Å². The van der Waals surface area contributed by atoms with Crippen LogP contribution in [0.25, 0.3) is 11.6 Å². The van der Waals surface area contributed by atoms with Crippen LogP contribution < -0.4 is 0 Å². The number of hydrogen-bond acceptors (Lipinski definition) is 0. The van der Waals surface area contributed by atoms with Crippen molar-refractivity contribution < 1.29 is 0 Å². The number of aryl methyl sites for hydroxylation is 1. The summed E-state index contributed by atoms with van der Waals surface area (Å²) in [5.74, 6) is 0. The average Bonchev–Trinajstić information content (AvgIpc) is 2.17. The minimum Gasteiger partial charge on any atom is -0.0984 e. The molecule has 0 aliphatic rings. The molecule has 0 N–H and O–H groups in total. The molecule has 1 rings (SSSR count). The molecule has 0 saturated carbocycles. The van der Waals surface area contributed by atoms with Crippen molar-refractivity contribution >= 4 is 11.6 Å². The van der Waals surface area contributed by atoms with Gasteiger partial charge in [-0.2, -0.15) is 0 Å². The number of allylic oxidation sites excluding steroid dienone is 3. The molecule has 0 aliphatic heterocycles. The first-order valence-corrected chi connectivity index (χ1v) is 5.54. The Hall–Kier alpha value is -1.56.